The van der Waals surface area contributed by atoms with Gasteiger partial charge < -0.3 is 14.5 Å². The maximum absolute atomic E-state index is 6.04. The van der Waals surface area contributed by atoms with Crippen molar-refractivity contribution in [3.63, 3.8) is 0 Å². The first-order chi connectivity index (χ1) is 10.2. The molecule has 5 nitrogen and oxygen atoms in total. The number of ether oxygens (including phenoxy) is 1. The normalized spacial score (nSPS) is 10.8. The van der Waals surface area contributed by atoms with Crippen LogP contribution >= 0.6 is 11.6 Å². The maximum atomic E-state index is 6.04. The monoisotopic (exact) mass is 309 g/mol. The van der Waals surface area contributed by atoms with E-state index in [9.17, 15) is 0 Å². The van der Waals surface area contributed by atoms with E-state index in [1.165, 1.54) is 0 Å². The molecule has 0 fully saturated rings. The van der Waals surface area contributed by atoms with E-state index in [-0.39, 0.29) is 6.61 Å². The summed E-state index contributed by atoms with van der Waals surface area (Å²) in [5.74, 6) is 1.88. The minimum Gasteiger partial charge on any atom is -0.483 e. The van der Waals surface area contributed by atoms with E-state index in [1.54, 1.807) is 0 Å². The van der Waals surface area contributed by atoms with Crippen molar-refractivity contribution >= 4 is 11.6 Å². The molecule has 1 aromatic heterocycles. The molecule has 0 aliphatic heterocycles. The first kappa shape index (κ1) is 15.8. The fourth-order valence-corrected chi connectivity index (χ4v) is 2.05. The Bertz CT molecular complexity index is 572. The van der Waals surface area contributed by atoms with Crippen molar-refractivity contribution in [2.45, 2.75) is 39.8 Å². The van der Waals surface area contributed by atoms with Gasteiger partial charge in [0.05, 0.1) is 0 Å². The van der Waals surface area contributed by atoms with Gasteiger partial charge >= 0.3 is 0 Å². The van der Waals surface area contributed by atoms with Crippen LogP contribution in [0.2, 0.25) is 5.02 Å². The molecular formula is C15H20ClN3O2. The Morgan fingerprint density at radius 1 is 1.24 bits per heavy atom. The lowest BCUT2D eigenvalue weighted by atomic mass is 10.2. The van der Waals surface area contributed by atoms with Crippen LogP contribution in [0.1, 0.15) is 37.6 Å². The molecule has 1 heterocycles. The molecule has 1 N–H and O–H groups in total. The molecule has 0 bridgehead atoms. The van der Waals surface area contributed by atoms with Gasteiger partial charge in [-0.15, -0.1) is 10.2 Å². The van der Waals surface area contributed by atoms with E-state index in [2.05, 4.69) is 22.4 Å². The third kappa shape index (κ3) is 4.72. The number of aryl methyl sites for hydroxylation is 1. The lowest BCUT2D eigenvalue weighted by Gasteiger charge is -2.11. The molecule has 2 rings (SSSR count). The molecule has 6 heteroatoms. The van der Waals surface area contributed by atoms with Crippen LogP contribution in [-0.2, 0) is 19.6 Å². The molecule has 0 unspecified atom stereocenters. The van der Waals surface area contributed by atoms with Crippen molar-refractivity contribution in [2.24, 2.45) is 0 Å². The summed E-state index contributed by atoms with van der Waals surface area (Å²) in [5.41, 5.74) is 1.02. The topological polar surface area (TPSA) is 60.2 Å². The van der Waals surface area contributed by atoms with Crippen molar-refractivity contribution < 1.29 is 9.15 Å². The first-order valence-corrected chi connectivity index (χ1v) is 7.54. The highest BCUT2D eigenvalue weighted by molar-refractivity contribution is 6.30. The van der Waals surface area contributed by atoms with E-state index >= 15 is 0 Å². The average molecular weight is 310 g/mol. The second kappa shape index (κ2) is 8.00. The number of hydrogen-bond donors (Lipinski definition) is 1. The van der Waals surface area contributed by atoms with Gasteiger partial charge in [0.25, 0.3) is 5.89 Å². The molecule has 21 heavy (non-hydrogen) atoms. The number of nitrogens with one attached hydrogen (secondary N) is 1. The highest BCUT2D eigenvalue weighted by Crippen LogP contribution is 2.23. The molecule has 0 spiro atoms. The van der Waals surface area contributed by atoms with Crippen LogP contribution in [0.25, 0.3) is 0 Å². The minimum atomic E-state index is 0.259. The first-order valence-electron chi connectivity index (χ1n) is 7.16. The number of benzene rings is 1. The fraction of sp³-hybridized carbons (Fsp3) is 0.467. The second-order valence-corrected chi connectivity index (χ2v) is 5.10. The van der Waals surface area contributed by atoms with Gasteiger partial charge in [0.15, 0.2) is 6.61 Å². The SMILES string of the molecule is CCCNCc1cc(Cl)ccc1OCc1nnc(CC)o1. The Morgan fingerprint density at radius 3 is 2.76 bits per heavy atom. The van der Waals surface area contributed by atoms with Crippen LogP contribution in [0.15, 0.2) is 22.6 Å². The molecule has 0 radical (unpaired) electrons. The summed E-state index contributed by atoms with van der Waals surface area (Å²) < 4.78 is 11.2. The van der Waals surface area contributed by atoms with Gasteiger partial charge in [0.1, 0.15) is 5.75 Å². The number of nitrogens with zero attached hydrogens (tertiary/aromatic N) is 2. The van der Waals surface area contributed by atoms with E-state index in [0.29, 0.717) is 23.3 Å². The van der Waals surface area contributed by atoms with Crippen LogP contribution in [0.3, 0.4) is 0 Å². The molecule has 2 aromatic rings. The number of halogens is 1. The summed E-state index contributed by atoms with van der Waals surface area (Å²) in [6, 6.07) is 5.58. The van der Waals surface area contributed by atoms with E-state index in [4.69, 9.17) is 20.8 Å². The zero-order valence-electron chi connectivity index (χ0n) is 12.4. The van der Waals surface area contributed by atoms with Crippen LogP contribution in [0, 0.1) is 0 Å². The number of aromatic nitrogens is 2. The highest BCUT2D eigenvalue weighted by Gasteiger charge is 2.08. The van der Waals surface area contributed by atoms with Gasteiger partial charge in [0, 0.05) is 23.6 Å². The average Bonchev–Trinajstić information content (AvgIpc) is 2.95. The van der Waals surface area contributed by atoms with Gasteiger partial charge in [-0.2, -0.15) is 0 Å². The largest absolute Gasteiger partial charge is 0.483 e. The van der Waals surface area contributed by atoms with Crippen LogP contribution < -0.4 is 10.1 Å². The van der Waals surface area contributed by atoms with Crippen LogP contribution in [0.5, 0.6) is 5.75 Å². The summed E-state index contributed by atoms with van der Waals surface area (Å²) >= 11 is 6.04. The third-order valence-corrected chi connectivity index (χ3v) is 3.16. The summed E-state index contributed by atoms with van der Waals surface area (Å²) in [6.45, 7) is 6.02. The maximum Gasteiger partial charge on any atom is 0.253 e. The molecule has 0 saturated heterocycles. The summed E-state index contributed by atoms with van der Waals surface area (Å²) in [5, 5.41) is 11.9. The highest BCUT2D eigenvalue weighted by atomic mass is 35.5. The standard InChI is InChI=1S/C15H20ClN3O2/c1-3-7-17-9-11-8-12(16)5-6-13(11)20-10-15-19-18-14(4-2)21-15/h5-6,8,17H,3-4,7,9-10H2,1-2H3. The Morgan fingerprint density at radius 2 is 2.05 bits per heavy atom. The lowest BCUT2D eigenvalue weighted by molar-refractivity contribution is 0.256. The smallest absolute Gasteiger partial charge is 0.253 e. The molecule has 1 aromatic carbocycles. The van der Waals surface area contributed by atoms with Crippen LogP contribution in [0.4, 0.5) is 0 Å². The molecule has 0 saturated carbocycles. The molecule has 0 aliphatic carbocycles. The predicted molar refractivity (Wildman–Crippen MR) is 81.5 cm³/mol. The summed E-state index contributed by atoms with van der Waals surface area (Å²) in [6.07, 6.45) is 1.80. The number of hydrogen-bond acceptors (Lipinski definition) is 5. The second-order valence-electron chi connectivity index (χ2n) is 4.66. The quantitative estimate of drug-likeness (QED) is 0.758. The number of rotatable bonds is 8. The van der Waals surface area contributed by atoms with E-state index in [0.717, 1.165) is 30.7 Å². The zero-order valence-corrected chi connectivity index (χ0v) is 13.1. The van der Waals surface area contributed by atoms with Crippen molar-refractivity contribution in [2.75, 3.05) is 6.54 Å². The molecule has 0 amide bonds. The van der Waals surface area contributed by atoms with Crippen molar-refractivity contribution in [1.29, 1.82) is 0 Å². The molecule has 0 atom stereocenters. The van der Waals surface area contributed by atoms with Crippen LogP contribution in [-0.4, -0.2) is 16.7 Å². The van der Waals surface area contributed by atoms with E-state index in [1.807, 2.05) is 25.1 Å². The van der Waals surface area contributed by atoms with Crippen molar-refractivity contribution in [3.8, 4) is 5.75 Å². The van der Waals surface area contributed by atoms with Gasteiger partial charge in [-0.05, 0) is 31.2 Å². The van der Waals surface area contributed by atoms with E-state index < -0.39 is 0 Å². The summed E-state index contributed by atoms with van der Waals surface area (Å²) in [7, 11) is 0. The summed E-state index contributed by atoms with van der Waals surface area (Å²) in [4.78, 5) is 0. The van der Waals surface area contributed by atoms with Crippen molar-refractivity contribution in [3.05, 3.63) is 40.6 Å². The molecule has 0 aliphatic rings. The van der Waals surface area contributed by atoms with Gasteiger partial charge in [-0.3, -0.25) is 0 Å². The third-order valence-electron chi connectivity index (χ3n) is 2.93. The Balaban J connectivity index is 2.00. The van der Waals surface area contributed by atoms with Gasteiger partial charge in [-0.25, -0.2) is 0 Å². The minimum absolute atomic E-state index is 0.259. The van der Waals surface area contributed by atoms with Gasteiger partial charge in [-0.1, -0.05) is 25.4 Å². The Labute approximate surface area is 129 Å². The Hall–Kier alpha value is -1.59. The Kier molecular flexibility index (Phi) is 6.02. The molecular weight excluding hydrogens is 290 g/mol. The zero-order chi connectivity index (χ0) is 15.1. The van der Waals surface area contributed by atoms with Gasteiger partial charge in [0.2, 0.25) is 5.89 Å². The fourth-order valence-electron chi connectivity index (χ4n) is 1.86. The molecule has 114 valence electrons. The lowest BCUT2D eigenvalue weighted by Crippen LogP contribution is -2.14. The predicted octanol–water partition coefficient (Wildman–Crippen LogP) is 3.36. The van der Waals surface area contributed by atoms with Crippen molar-refractivity contribution in [1.82, 2.24) is 15.5 Å².